The third kappa shape index (κ3) is 6.32. The fourth-order valence-corrected chi connectivity index (χ4v) is 5.58. The van der Waals surface area contributed by atoms with Crippen LogP contribution in [0.5, 0.6) is 0 Å². The number of carbonyl (C=O) groups excluding carboxylic acids is 2. The van der Waals surface area contributed by atoms with Gasteiger partial charge in [0.05, 0.1) is 11.3 Å². The third-order valence-corrected chi connectivity index (χ3v) is 8.04. The zero-order valence-electron chi connectivity index (χ0n) is 24.9. The first kappa shape index (κ1) is 28.2. The summed E-state index contributed by atoms with van der Waals surface area (Å²) in [5, 5.41) is 13.6. The number of nitrogens with one attached hydrogen (secondary N) is 3. The third-order valence-electron chi connectivity index (χ3n) is 8.04. The summed E-state index contributed by atoms with van der Waals surface area (Å²) >= 11 is 0. The molecule has 0 aliphatic carbocycles. The van der Waals surface area contributed by atoms with Crippen LogP contribution in [0.2, 0.25) is 0 Å². The van der Waals surface area contributed by atoms with Gasteiger partial charge in [0.15, 0.2) is 0 Å². The monoisotopic (exact) mass is 575 g/mol. The summed E-state index contributed by atoms with van der Waals surface area (Å²) in [6.07, 6.45) is 2.49. The molecule has 3 heterocycles. The largest absolute Gasteiger partial charge is 0.369 e. The molecule has 1 saturated heterocycles. The van der Waals surface area contributed by atoms with Crippen LogP contribution in [-0.4, -0.2) is 59.7 Å². The van der Waals surface area contributed by atoms with Crippen molar-refractivity contribution in [2.24, 2.45) is 0 Å². The minimum absolute atomic E-state index is 0.117. The second kappa shape index (κ2) is 12.1. The number of aromatic nitrogens is 2. The molecule has 0 unspecified atom stereocenters. The van der Waals surface area contributed by atoms with Crippen molar-refractivity contribution in [2.45, 2.75) is 26.8 Å². The molecule has 3 aromatic carbocycles. The van der Waals surface area contributed by atoms with Gasteiger partial charge in [0.25, 0.3) is 11.8 Å². The number of benzene rings is 3. The molecule has 1 fully saturated rings. The van der Waals surface area contributed by atoms with Crippen LogP contribution in [0.15, 0.2) is 79.0 Å². The lowest BCUT2D eigenvalue weighted by Gasteiger charge is -2.34. The normalized spacial score (nSPS) is 15.8. The zero-order valence-corrected chi connectivity index (χ0v) is 24.9. The van der Waals surface area contributed by atoms with Crippen molar-refractivity contribution in [1.29, 1.82) is 0 Å². The molecule has 43 heavy (non-hydrogen) atoms. The molecule has 9 nitrogen and oxygen atoms in total. The highest BCUT2D eigenvalue weighted by Crippen LogP contribution is 2.33. The van der Waals surface area contributed by atoms with Gasteiger partial charge in [-0.05, 0) is 93.0 Å². The van der Waals surface area contributed by atoms with Crippen LogP contribution in [0.1, 0.15) is 39.8 Å². The van der Waals surface area contributed by atoms with E-state index in [2.05, 4.69) is 68.2 Å². The van der Waals surface area contributed by atoms with Crippen molar-refractivity contribution in [1.82, 2.24) is 14.7 Å². The quantitative estimate of drug-likeness (QED) is 0.250. The van der Waals surface area contributed by atoms with Crippen molar-refractivity contribution in [2.75, 3.05) is 54.1 Å². The zero-order chi connectivity index (χ0) is 29.9. The number of anilines is 4. The Balaban J connectivity index is 1.10. The molecule has 0 spiro atoms. The van der Waals surface area contributed by atoms with Gasteiger partial charge >= 0.3 is 0 Å². The van der Waals surface area contributed by atoms with E-state index in [1.807, 2.05) is 50.2 Å². The predicted molar refractivity (Wildman–Crippen MR) is 173 cm³/mol. The molecule has 220 valence electrons. The second-order valence-electron chi connectivity index (χ2n) is 11.2. The maximum atomic E-state index is 12.8. The van der Waals surface area contributed by atoms with E-state index in [9.17, 15) is 9.59 Å². The Morgan fingerprint density at radius 2 is 1.63 bits per heavy atom. The smallest absolute Gasteiger partial charge is 0.273 e. The minimum atomic E-state index is -0.176. The Morgan fingerprint density at radius 3 is 2.35 bits per heavy atom. The summed E-state index contributed by atoms with van der Waals surface area (Å²) in [6, 6.07) is 24.1. The molecule has 4 aromatic rings. The Bertz CT molecular complexity index is 1660. The van der Waals surface area contributed by atoms with Crippen LogP contribution in [-0.2, 0) is 17.8 Å². The number of likely N-dealkylation sites (N-methyl/N-ethyl adjacent to an activating group) is 1. The molecule has 0 bridgehead atoms. The van der Waals surface area contributed by atoms with Gasteiger partial charge in [-0.3, -0.25) is 14.3 Å². The summed E-state index contributed by atoms with van der Waals surface area (Å²) in [5.74, 6) is -0.293. The molecule has 2 amide bonds. The molecule has 3 N–H and O–H groups in total. The van der Waals surface area contributed by atoms with Gasteiger partial charge in [-0.25, -0.2) is 0 Å². The molecule has 2 aliphatic rings. The Morgan fingerprint density at radius 1 is 0.930 bits per heavy atom. The molecule has 0 atom stereocenters. The molecule has 9 heteroatoms. The Labute approximate surface area is 252 Å². The number of hydrogen-bond acceptors (Lipinski definition) is 6. The van der Waals surface area contributed by atoms with E-state index in [4.69, 9.17) is 0 Å². The highest BCUT2D eigenvalue weighted by molar-refractivity contribution is 6.31. The molecule has 6 rings (SSSR count). The number of nitrogens with zero attached hydrogens (tertiary/aromatic N) is 4. The lowest BCUT2D eigenvalue weighted by atomic mass is 9.99. The van der Waals surface area contributed by atoms with E-state index in [1.54, 1.807) is 16.9 Å². The number of rotatable bonds is 8. The minimum Gasteiger partial charge on any atom is -0.369 e. The Kier molecular flexibility index (Phi) is 7.98. The number of carbonyl (C=O) groups is 2. The van der Waals surface area contributed by atoms with E-state index in [0.29, 0.717) is 24.2 Å². The summed E-state index contributed by atoms with van der Waals surface area (Å²) in [4.78, 5) is 30.3. The lowest BCUT2D eigenvalue weighted by molar-refractivity contribution is -0.110. The summed E-state index contributed by atoms with van der Waals surface area (Å²) in [7, 11) is 2.16. The summed E-state index contributed by atoms with van der Waals surface area (Å²) in [6.45, 7) is 8.67. The van der Waals surface area contributed by atoms with Gasteiger partial charge in [-0.15, -0.1) is 0 Å². The highest BCUT2D eigenvalue weighted by atomic mass is 16.2. The SMILES string of the molecule is CCn1nc(C)cc1C(=O)Nc1ccc(Cc2ccc3c(c2)C(=CNc2ccc(N4CCN(C)CC4)cc2)C(=O)N3)cc1. The highest BCUT2D eigenvalue weighted by Gasteiger charge is 2.24. The van der Waals surface area contributed by atoms with Gasteiger partial charge in [0.2, 0.25) is 0 Å². The molecule has 0 saturated carbocycles. The maximum absolute atomic E-state index is 12.8. The van der Waals surface area contributed by atoms with E-state index in [-0.39, 0.29) is 11.8 Å². The average Bonchev–Trinajstić information content (AvgIpc) is 3.55. The number of fused-ring (bicyclic) bond motifs is 1. The van der Waals surface area contributed by atoms with Gasteiger partial charge in [0.1, 0.15) is 5.69 Å². The van der Waals surface area contributed by atoms with E-state index < -0.39 is 0 Å². The number of amides is 2. The number of piperazine rings is 1. The number of aryl methyl sites for hydroxylation is 2. The standard InChI is InChI=1S/C34H37N7O2/c1-4-41-32(19-23(2)38-41)34(43)36-27-8-5-24(6-9-27)20-25-7-14-31-29(21-25)30(33(42)37-31)22-35-26-10-12-28(13-11-26)40-17-15-39(3)16-18-40/h5-14,19,21-22,35H,4,15-18,20H2,1-3H3,(H,36,43)(H,37,42). The Hall–Kier alpha value is -4.89. The molecular weight excluding hydrogens is 538 g/mol. The maximum Gasteiger partial charge on any atom is 0.273 e. The summed E-state index contributed by atoms with van der Waals surface area (Å²) < 4.78 is 1.70. The van der Waals surface area contributed by atoms with Crippen LogP contribution in [0, 0.1) is 6.92 Å². The molecule has 0 radical (unpaired) electrons. The average molecular weight is 576 g/mol. The van der Waals surface area contributed by atoms with E-state index in [0.717, 1.165) is 65.6 Å². The first-order valence-electron chi connectivity index (χ1n) is 14.8. The molecule has 2 aliphatic heterocycles. The second-order valence-corrected chi connectivity index (χ2v) is 11.2. The lowest BCUT2D eigenvalue weighted by Crippen LogP contribution is -2.44. The van der Waals surface area contributed by atoms with Crippen LogP contribution in [0.25, 0.3) is 5.57 Å². The van der Waals surface area contributed by atoms with Gasteiger partial charge in [-0.1, -0.05) is 18.2 Å². The van der Waals surface area contributed by atoms with Crippen molar-refractivity contribution >= 4 is 40.1 Å². The van der Waals surface area contributed by atoms with Crippen LogP contribution >= 0.6 is 0 Å². The predicted octanol–water partition coefficient (Wildman–Crippen LogP) is 5.21. The van der Waals surface area contributed by atoms with E-state index in [1.165, 1.54) is 5.69 Å². The fraction of sp³-hybridized carbons (Fsp3) is 0.265. The van der Waals surface area contributed by atoms with Gasteiger partial charge in [-0.2, -0.15) is 5.10 Å². The van der Waals surface area contributed by atoms with Crippen molar-refractivity contribution < 1.29 is 9.59 Å². The van der Waals surface area contributed by atoms with Crippen LogP contribution in [0.3, 0.4) is 0 Å². The van der Waals surface area contributed by atoms with Crippen molar-refractivity contribution in [3.05, 3.63) is 107 Å². The number of hydrogen-bond donors (Lipinski definition) is 3. The molecular formula is C34H37N7O2. The summed E-state index contributed by atoms with van der Waals surface area (Å²) in [5.41, 5.74) is 8.75. The van der Waals surface area contributed by atoms with Crippen LogP contribution < -0.4 is 20.9 Å². The first-order valence-corrected chi connectivity index (χ1v) is 14.8. The van der Waals surface area contributed by atoms with Crippen molar-refractivity contribution in [3.8, 4) is 0 Å². The van der Waals surface area contributed by atoms with Crippen LogP contribution in [0.4, 0.5) is 22.7 Å². The topological polar surface area (TPSA) is 94.5 Å². The van der Waals surface area contributed by atoms with Crippen molar-refractivity contribution in [3.63, 3.8) is 0 Å². The fourth-order valence-electron chi connectivity index (χ4n) is 5.58. The van der Waals surface area contributed by atoms with Gasteiger partial charge < -0.3 is 25.8 Å². The van der Waals surface area contributed by atoms with E-state index >= 15 is 0 Å². The first-order chi connectivity index (χ1) is 20.9. The molecule has 1 aromatic heterocycles. The van der Waals surface area contributed by atoms with Gasteiger partial charge in [0, 0.05) is 67.2 Å².